The zero-order valence-electron chi connectivity index (χ0n) is 13.2. The average molecular weight is 335 g/mol. The number of nitrogens with one attached hydrogen (secondary N) is 2. The Balaban J connectivity index is 0.00000192. The molecule has 1 fully saturated rings. The van der Waals surface area contributed by atoms with Gasteiger partial charge in [-0.3, -0.25) is 4.79 Å². The molecule has 5 nitrogen and oxygen atoms in total. The highest BCUT2D eigenvalue weighted by molar-refractivity contribution is 5.85. The van der Waals surface area contributed by atoms with Crippen LogP contribution < -0.4 is 10.6 Å². The van der Waals surface area contributed by atoms with Gasteiger partial charge in [0.25, 0.3) is 0 Å². The van der Waals surface area contributed by atoms with E-state index in [4.69, 9.17) is 0 Å². The van der Waals surface area contributed by atoms with E-state index < -0.39 is 0 Å². The number of carbonyl (C=O) groups excluding carboxylic acids is 1. The van der Waals surface area contributed by atoms with Crippen molar-refractivity contribution in [3.8, 4) is 5.69 Å². The summed E-state index contributed by atoms with van der Waals surface area (Å²) in [5.41, 5.74) is 2.05. The van der Waals surface area contributed by atoms with Gasteiger partial charge in [-0.05, 0) is 49.9 Å². The van der Waals surface area contributed by atoms with E-state index in [0.717, 1.165) is 23.7 Å². The predicted molar refractivity (Wildman–Crippen MR) is 93.0 cm³/mol. The molecule has 6 heteroatoms. The number of rotatable bonds is 7. The third kappa shape index (κ3) is 4.81. The Kier molecular flexibility index (Phi) is 6.19. The highest BCUT2D eigenvalue weighted by Crippen LogP contribution is 2.27. The van der Waals surface area contributed by atoms with E-state index in [1.807, 2.05) is 48.1 Å². The summed E-state index contributed by atoms with van der Waals surface area (Å²) < 4.78 is 1.82. The number of para-hydroxylation sites is 1. The number of hydrogen-bond acceptors (Lipinski definition) is 3. The fourth-order valence-corrected chi connectivity index (χ4v) is 2.56. The minimum atomic E-state index is -0.0596. The van der Waals surface area contributed by atoms with Gasteiger partial charge in [0.1, 0.15) is 0 Å². The van der Waals surface area contributed by atoms with Crippen LogP contribution in [0.4, 0.5) is 0 Å². The lowest BCUT2D eigenvalue weighted by molar-refractivity contribution is -0.120. The second-order valence-corrected chi connectivity index (χ2v) is 5.87. The quantitative estimate of drug-likeness (QED) is 0.817. The Hall–Kier alpha value is -1.85. The number of carbonyl (C=O) groups is 1. The first-order chi connectivity index (χ1) is 10.7. The summed E-state index contributed by atoms with van der Waals surface area (Å²) in [6, 6.07) is 9.83. The Labute approximate surface area is 142 Å². The molecule has 23 heavy (non-hydrogen) atoms. The van der Waals surface area contributed by atoms with Crippen LogP contribution in [0.25, 0.3) is 5.69 Å². The van der Waals surface area contributed by atoms with E-state index in [0.29, 0.717) is 6.54 Å². The maximum atomic E-state index is 12.0. The molecule has 124 valence electrons. The largest absolute Gasteiger partial charge is 0.348 e. The number of amides is 1. The lowest BCUT2D eigenvalue weighted by Crippen LogP contribution is -2.36. The first kappa shape index (κ1) is 17.5. The van der Waals surface area contributed by atoms with E-state index in [1.54, 1.807) is 6.20 Å². The molecular formula is C17H23ClN4O. The molecule has 1 aliphatic rings. The van der Waals surface area contributed by atoms with Crippen LogP contribution in [0.5, 0.6) is 0 Å². The van der Waals surface area contributed by atoms with Gasteiger partial charge in [-0.2, -0.15) is 5.10 Å². The van der Waals surface area contributed by atoms with Gasteiger partial charge < -0.3 is 10.6 Å². The van der Waals surface area contributed by atoms with Gasteiger partial charge in [-0.15, -0.1) is 12.4 Å². The monoisotopic (exact) mass is 334 g/mol. The molecule has 1 unspecified atom stereocenters. The summed E-state index contributed by atoms with van der Waals surface area (Å²) in [5.74, 6) is 0.814. The molecule has 0 spiro atoms. The Morgan fingerprint density at radius 3 is 2.83 bits per heavy atom. The smallest absolute Gasteiger partial charge is 0.234 e. The molecule has 2 N–H and O–H groups in total. The highest BCUT2D eigenvalue weighted by Gasteiger charge is 2.21. The number of hydrogen-bond donors (Lipinski definition) is 2. The summed E-state index contributed by atoms with van der Waals surface area (Å²) in [6.45, 7) is 3.33. The molecule has 2 aromatic rings. The summed E-state index contributed by atoms with van der Waals surface area (Å²) in [4.78, 5) is 12.0. The van der Waals surface area contributed by atoms with Gasteiger partial charge >= 0.3 is 0 Å². The normalized spacial score (nSPS) is 14.8. The first-order valence-electron chi connectivity index (χ1n) is 7.83. The number of halogens is 1. The van der Waals surface area contributed by atoms with Crippen molar-refractivity contribution in [3.05, 3.63) is 48.3 Å². The molecule has 1 heterocycles. The summed E-state index contributed by atoms with van der Waals surface area (Å²) >= 11 is 0. The summed E-state index contributed by atoms with van der Waals surface area (Å²) in [5, 5.41) is 10.5. The van der Waals surface area contributed by atoms with E-state index in [9.17, 15) is 4.79 Å². The Bertz CT molecular complexity index is 625. The van der Waals surface area contributed by atoms with Crippen LogP contribution in [0.1, 0.15) is 31.4 Å². The van der Waals surface area contributed by atoms with E-state index in [1.165, 1.54) is 12.8 Å². The fourth-order valence-electron chi connectivity index (χ4n) is 2.56. The summed E-state index contributed by atoms with van der Waals surface area (Å²) in [6.07, 6.45) is 6.25. The molecule has 1 amide bonds. The molecule has 0 saturated heterocycles. The molecule has 1 aliphatic carbocycles. The molecule has 1 saturated carbocycles. The molecule has 1 atom stereocenters. The topological polar surface area (TPSA) is 59.0 Å². The molecule has 3 rings (SSSR count). The molecule has 0 radical (unpaired) electrons. The average Bonchev–Trinajstić information content (AvgIpc) is 3.18. The van der Waals surface area contributed by atoms with Gasteiger partial charge in [0, 0.05) is 12.4 Å². The minimum absolute atomic E-state index is 0. The van der Waals surface area contributed by atoms with Gasteiger partial charge in [0.05, 0.1) is 18.3 Å². The van der Waals surface area contributed by atoms with Crippen molar-refractivity contribution in [3.63, 3.8) is 0 Å². The lowest BCUT2D eigenvalue weighted by Gasteiger charge is -2.18. The van der Waals surface area contributed by atoms with Crippen molar-refractivity contribution in [2.75, 3.05) is 13.1 Å². The molecule has 1 aromatic heterocycles. The Morgan fingerprint density at radius 1 is 1.35 bits per heavy atom. The van der Waals surface area contributed by atoms with Crippen LogP contribution >= 0.6 is 12.4 Å². The van der Waals surface area contributed by atoms with Crippen LogP contribution in [0.2, 0.25) is 0 Å². The van der Waals surface area contributed by atoms with E-state index in [2.05, 4.69) is 15.7 Å². The van der Waals surface area contributed by atoms with Gasteiger partial charge in [0.15, 0.2) is 0 Å². The van der Waals surface area contributed by atoms with Crippen molar-refractivity contribution in [1.29, 1.82) is 0 Å². The van der Waals surface area contributed by atoms with Crippen molar-refractivity contribution >= 4 is 18.3 Å². The van der Waals surface area contributed by atoms with Crippen molar-refractivity contribution in [1.82, 2.24) is 20.4 Å². The second-order valence-electron chi connectivity index (χ2n) is 5.87. The second kappa shape index (κ2) is 8.13. The zero-order valence-corrected chi connectivity index (χ0v) is 14.1. The van der Waals surface area contributed by atoms with Crippen LogP contribution in [0, 0.1) is 5.92 Å². The van der Waals surface area contributed by atoms with Crippen molar-refractivity contribution in [2.24, 2.45) is 5.92 Å². The third-order valence-electron chi connectivity index (χ3n) is 3.95. The van der Waals surface area contributed by atoms with Crippen LogP contribution in [0.15, 0.2) is 42.7 Å². The van der Waals surface area contributed by atoms with Crippen LogP contribution in [-0.4, -0.2) is 28.8 Å². The molecule has 0 aliphatic heterocycles. The maximum absolute atomic E-state index is 12.0. The predicted octanol–water partition coefficient (Wildman–Crippen LogP) is 2.47. The maximum Gasteiger partial charge on any atom is 0.234 e. The van der Waals surface area contributed by atoms with Crippen molar-refractivity contribution in [2.45, 2.75) is 25.8 Å². The van der Waals surface area contributed by atoms with Crippen LogP contribution in [0.3, 0.4) is 0 Å². The first-order valence-corrected chi connectivity index (χ1v) is 7.83. The number of aromatic nitrogens is 2. The minimum Gasteiger partial charge on any atom is -0.348 e. The number of benzene rings is 1. The zero-order chi connectivity index (χ0) is 15.4. The standard InChI is InChI=1S/C17H22N4O.ClH/c1-13(20-17(22)12-18-11-14-7-8-14)15-5-2-3-6-16(15)21-10-4-9-19-21;/h2-6,9-10,13-14,18H,7-8,11-12H2,1H3,(H,20,22);1H. The van der Waals surface area contributed by atoms with E-state index in [-0.39, 0.29) is 24.4 Å². The highest BCUT2D eigenvalue weighted by atomic mass is 35.5. The Morgan fingerprint density at radius 2 is 2.13 bits per heavy atom. The molecular weight excluding hydrogens is 312 g/mol. The van der Waals surface area contributed by atoms with Crippen LogP contribution in [-0.2, 0) is 4.79 Å². The van der Waals surface area contributed by atoms with Crippen molar-refractivity contribution < 1.29 is 4.79 Å². The van der Waals surface area contributed by atoms with E-state index >= 15 is 0 Å². The molecule has 0 bridgehead atoms. The SMILES string of the molecule is CC(NC(=O)CNCC1CC1)c1ccccc1-n1cccn1.Cl. The fraction of sp³-hybridized carbons (Fsp3) is 0.412. The van der Waals surface area contributed by atoms with Gasteiger partial charge in [-0.1, -0.05) is 18.2 Å². The third-order valence-corrected chi connectivity index (χ3v) is 3.95. The van der Waals surface area contributed by atoms with Gasteiger partial charge in [-0.25, -0.2) is 4.68 Å². The number of nitrogens with zero attached hydrogens (tertiary/aromatic N) is 2. The van der Waals surface area contributed by atoms with Gasteiger partial charge in [0.2, 0.25) is 5.91 Å². The lowest BCUT2D eigenvalue weighted by atomic mass is 10.1. The summed E-state index contributed by atoms with van der Waals surface area (Å²) in [7, 11) is 0. The molecule has 1 aromatic carbocycles.